The predicted molar refractivity (Wildman–Crippen MR) is 75.9 cm³/mol. The van der Waals surface area contributed by atoms with Crippen LogP contribution in [0.4, 0.5) is 0 Å². The Hall–Kier alpha value is -0.120. The second-order valence-electron chi connectivity index (χ2n) is 6.39. The molecule has 2 unspecified atom stereocenters. The second-order valence-corrected chi connectivity index (χ2v) is 6.39. The first-order chi connectivity index (χ1) is 8.74. The van der Waals surface area contributed by atoms with Gasteiger partial charge in [0.25, 0.3) is 0 Å². The zero-order valence-corrected chi connectivity index (χ0v) is 12.2. The van der Waals surface area contributed by atoms with Gasteiger partial charge >= 0.3 is 0 Å². The van der Waals surface area contributed by atoms with Gasteiger partial charge < -0.3 is 10.1 Å². The lowest BCUT2D eigenvalue weighted by molar-refractivity contribution is -0.00864. The molecule has 0 radical (unpaired) electrons. The topological polar surface area (TPSA) is 24.5 Å². The van der Waals surface area contributed by atoms with E-state index >= 15 is 0 Å². The zero-order chi connectivity index (χ0) is 12.8. The van der Waals surface area contributed by atoms with Crippen molar-refractivity contribution in [1.82, 2.24) is 10.2 Å². The van der Waals surface area contributed by atoms with E-state index in [4.69, 9.17) is 4.74 Å². The molecule has 3 nitrogen and oxygen atoms in total. The summed E-state index contributed by atoms with van der Waals surface area (Å²) in [4.78, 5) is 2.63. The lowest BCUT2D eigenvalue weighted by Crippen LogP contribution is -2.44. The van der Waals surface area contributed by atoms with Crippen LogP contribution in [-0.4, -0.2) is 49.8 Å². The van der Waals surface area contributed by atoms with Crippen LogP contribution in [0.25, 0.3) is 0 Å². The van der Waals surface area contributed by atoms with Crippen LogP contribution >= 0.6 is 0 Å². The van der Waals surface area contributed by atoms with Crippen molar-refractivity contribution in [2.24, 2.45) is 5.92 Å². The molecule has 0 bridgehead atoms. The van der Waals surface area contributed by atoms with E-state index in [1.165, 1.54) is 51.7 Å². The smallest absolute Gasteiger partial charge is 0.0702 e. The van der Waals surface area contributed by atoms with E-state index in [1.54, 1.807) is 0 Å². The van der Waals surface area contributed by atoms with E-state index in [9.17, 15) is 0 Å². The van der Waals surface area contributed by atoms with Gasteiger partial charge in [-0.2, -0.15) is 0 Å². The highest BCUT2D eigenvalue weighted by Crippen LogP contribution is 2.16. The van der Waals surface area contributed by atoms with E-state index in [0.717, 1.165) is 19.1 Å². The summed E-state index contributed by atoms with van der Waals surface area (Å²) < 4.78 is 5.89. The molecule has 0 aromatic rings. The summed E-state index contributed by atoms with van der Waals surface area (Å²) in [5, 5.41) is 3.62. The van der Waals surface area contributed by atoms with E-state index < -0.39 is 0 Å². The maximum atomic E-state index is 5.89. The molecule has 0 aromatic carbocycles. The molecule has 2 aliphatic heterocycles. The third kappa shape index (κ3) is 4.87. The van der Waals surface area contributed by atoms with Gasteiger partial charge in [-0.1, -0.05) is 13.8 Å². The highest BCUT2D eigenvalue weighted by molar-refractivity contribution is 4.80. The van der Waals surface area contributed by atoms with Crippen molar-refractivity contribution in [3.05, 3.63) is 0 Å². The van der Waals surface area contributed by atoms with Crippen LogP contribution in [0.3, 0.4) is 0 Å². The van der Waals surface area contributed by atoms with E-state index in [1.807, 2.05) is 0 Å². The molecule has 2 saturated heterocycles. The normalized spacial score (nSPS) is 29.3. The molecule has 0 aromatic heterocycles. The summed E-state index contributed by atoms with van der Waals surface area (Å²) in [5.41, 5.74) is 0. The van der Waals surface area contributed by atoms with Crippen molar-refractivity contribution in [3.8, 4) is 0 Å². The molecule has 0 aliphatic carbocycles. The first-order valence-corrected chi connectivity index (χ1v) is 7.81. The van der Waals surface area contributed by atoms with Crippen molar-refractivity contribution >= 4 is 0 Å². The third-order valence-corrected chi connectivity index (χ3v) is 4.00. The van der Waals surface area contributed by atoms with Crippen molar-refractivity contribution in [3.63, 3.8) is 0 Å². The Morgan fingerprint density at radius 2 is 2.06 bits per heavy atom. The second kappa shape index (κ2) is 7.46. The zero-order valence-electron chi connectivity index (χ0n) is 12.2. The number of hydrogen-bond acceptors (Lipinski definition) is 3. The van der Waals surface area contributed by atoms with Crippen LogP contribution in [0.2, 0.25) is 0 Å². The van der Waals surface area contributed by atoms with Crippen LogP contribution in [0.5, 0.6) is 0 Å². The van der Waals surface area contributed by atoms with Crippen LogP contribution in [0, 0.1) is 5.92 Å². The number of hydrogen-bond donors (Lipinski definition) is 1. The molecular formula is C15H30N2O. The quantitative estimate of drug-likeness (QED) is 0.787. The van der Waals surface area contributed by atoms with Crippen LogP contribution in [0.15, 0.2) is 0 Å². The summed E-state index contributed by atoms with van der Waals surface area (Å²) >= 11 is 0. The molecule has 0 saturated carbocycles. The molecule has 2 aliphatic rings. The van der Waals surface area contributed by atoms with Gasteiger partial charge in [0.2, 0.25) is 0 Å². The summed E-state index contributed by atoms with van der Waals surface area (Å²) in [6.07, 6.45) is 7.04. The Kier molecular flexibility index (Phi) is 5.93. The van der Waals surface area contributed by atoms with E-state index in [0.29, 0.717) is 12.1 Å². The number of ether oxygens (including phenoxy) is 1. The maximum absolute atomic E-state index is 5.89. The molecule has 3 heteroatoms. The monoisotopic (exact) mass is 254 g/mol. The Morgan fingerprint density at radius 1 is 1.17 bits per heavy atom. The first-order valence-electron chi connectivity index (χ1n) is 7.81. The summed E-state index contributed by atoms with van der Waals surface area (Å²) in [5.74, 6) is 0.745. The van der Waals surface area contributed by atoms with Gasteiger partial charge in [-0.3, -0.25) is 4.90 Å². The summed E-state index contributed by atoms with van der Waals surface area (Å²) in [6.45, 7) is 10.4. The van der Waals surface area contributed by atoms with Gasteiger partial charge in [0, 0.05) is 32.3 Å². The van der Waals surface area contributed by atoms with Crippen molar-refractivity contribution in [2.75, 3.05) is 32.8 Å². The molecule has 1 N–H and O–H groups in total. The van der Waals surface area contributed by atoms with Crippen molar-refractivity contribution in [1.29, 1.82) is 0 Å². The Labute approximate surface area is 112 Å². The standard InChI is InChI=1S/C15H30N2O/c1-13(2)10-17(11-14-6-5-8-16-14)12-15-7-3-4-9-18-15/h13-16H,3-12H2,1-2H3. The number of nitrogens with zero attached hydrogens (tertiary/aromatic N) is 1. The van der Waals surface area contributed by atoms with Crippen LogP contribution in [-0.2, 0) is 4.74 Å². The van der Waals surface area contributed by atoms with Gasteiger partial charge in [-0.15, -0.1) is 0 Å². The molecule has 0 spiro atoms. The SMILES string of the molecule is CC(C)CN(CC1CCCN1)CC1CCCCO1. The lowest BCUT2D eigenvalue weighted by atomic mass is 10.1. The van der Waals surface area contributed by atoms with E-state index in [-0.39, 0.29) is 0 Å². The minimum absolute atomic E-state index is 0.485. The van der Waals surface area contributed by atoms with Gasteiger partial charge in [0.05, 0.1) is 6.10 Å². The largest absolute Gasteiger partial charge is 0.377 e. The molecule has 18 heavy (non-hydrogen) atoms. The molecule has 2 fully saturated rings. The Bertz CT molecular complexity index is 221. The molecular weight excluding hydrogens is 224 g/mol. The molecule has 2 rings (SSSR count). The lowest BCUT2D eigenvalue weighted by Gasteiger charge is -2.32. The average Bonchev–Trinajstić information content (AvgIpc) is 2.82. The van der Waals surface area contributed by atoms with Crippen molar-refractivity contribution < 1.29 is 4.74 Å². The van der Waals surface area contributed by atoms with Gasteiger partial charge in [0.1, 0.15) is 0 Å². The minimum atomic E-state index is 0.485. The molecule has 106 valence electrons. The fraction of sp³-hybridized carbons (Fsp3) is 1.00. The number of rotatable bonds is 6. The molecule has 0 amide bonds. The fourth-order valence-electron chi connectivity index (χ4n) is 3.20. The van der Waals surface area contributed by atoms with E-state index in [2.05, 4.69) is 24.1 Å². The van der Waals surface area contributed by atoms with Gasteiger partial charge in [-0.05, 0) is 44.6 Å². The van der Waals surface area contributed by atoms with Gasteiger partial charge in [0.15, 0.2) is 0 Å². The maximum Gasteiger partial charge on any atom is 0.0702 e. The predicted octanol–water partition coefficient (Wildman–Crippen LogP) is 2.27. The van der Waals surface area contributed by atoms with Crippen molar-refractivity contribution in [2.45, 2.75) is 58.1 Å². The summed E-state index contributed by atoms with van der Waals surface area (Å²) in [6, 6.07) is 0.715. The van der Waals surface area contributed by atoms with Crippen LogP contribution < -0.4 is 5.32 Å². The first kappa shape index (κ1) is 14.3. The highest BCUT2D eigenvalue weighted by atomic mass is 16.5. The molecule has 2 heterocycles. The number of nitrogens with one attached hydrogen (secondary N) is 1. The molecule has 2 atom stereocenters. The fourth-order valence-corrected chi connectivity index (χ4v) is 3.20. The Morgan fingerprint density at radius 3 is 2.67 bits per heavy atom. The van der Waals surface area contributed by atoms with Gasteiger partial charge in [-0.25, -0.2) is 0 Å². The highest BCUT2D eigenvalue weighted by Gasteiger charge is 2.22. The minimum Gasteiger partial charge on any atom is -0.377 e. The average molecular weight is 254 g/mol. The summed E-state index contributed by atoms with van der Waals surface area (Å²) in [7, 11) is 0. The third-order valence-electron chi connectivity index (χ3n) is 4.00. The Balaban J connectivity index is 1.78. The van der Waals surface area contributed by atoms with Crippen LogP contribution in [0.1, 0.15) is 46.0 Å².